The van der Waals surface area contributed by atoms with Gasteiger partial charge in [0.2, 0.25) is 0 Å². The summed E-state index contributed by atoms with van der Waals surface area (Å²) in [6, 6.07) is 7.94. The average Bonchev–Trinajstić information content (AvgIpc) is 2.28. The fourth-order valence-corrected chi connectivity index (χ4v) is 2.29. The van der Waals surface area contributed by atoms with Crippen LogP contribution in [0.2, 0.25) is 10.3 Å². The van der Waals surface area contributed by atoms with E-state index < -0.39 is 0 Å². The van der Waals surface area contributed by atoms with Gasteiger partial charge >= 0.3 is 0 Å². The Hall–Kier alpha value is -1.12. The normalized spacial score (nSPS) is 10.6. The summed E-state index contributed by atoms with van der Waals surface area (Å²) in [5, 5.41) is 0.869. The molecule has 2 aromatic rings. The first-order valence-corrected chi connectivity index (χ1v) is 6.16. The number of aryl methyl sites for hydroxylation is 1. The van der Waals surface area contributed by atoms with Crippen molar-refractivity contribution in [3.05, 3.63) is 45.7 Å². The van der Waals surface area contributed by atoms with Crippen molar-refractivity contribution in [3.8, 4) is 11.4 Å². The van der Waals surface area contributed by atoms with E-state index in [0.29, 0.717) is 16.1 Å². The molecule has 1 aromatic heterocycles. The molecule has 0 saturated carbocycles. The van der Waals surface area contributed by atoms with Crippen molar-refractivity contribution in [2.24, 2.45) is 0 Å². The van der Waals surface area contributed by atoms with Gasteiger partial charge in [0.15, 0.2) is 5.82 Å². The third-order valence-corrected chi connectivity index (χ3v) is 3.16. The Labute approximate surface area is 111 Å². The number of hydrogen-bond acceptors (Lipinski definition) is 2. The average molecular weight is 267 g/mol. The highest BCUT2D eigenvalue weighted by atomic mass is 35.5. The molecule has 0 amide bonds. The van der Waals surface area contributed by atoms with Crippen molar-refractivity contribution < 1.29 is 0 Å². The molecule has 1 heterocycles. The van der Waals surface area contributed by atoms with Gasteiger partial charge in [-0.25, -0.2) is 9.97 Å². The summed E-state index contributed by atoms with van der Waals surface area (Å²) in [7, 11) is 0. The summed E-state index contributed by atoms with van der Waals surface area (Å²) in [5.41, 5.74) is 2.87. The fourth-order valence-electron chi connectivity index (χ4n) is 1.64. The highest BCUT2D eigenvalue weighted by Crippen LogP contribution is 2.26. The van der Waals surface area contributed by atoms with E-state index in [4.69, 9.17) is 23.2 Å². The standard InChI is InChI=1S/C13H12Cl2N2/c1-3-10-11(14)16-13(17-12(10)15)9-6-4-5-8(2)7-9/h4-7H,3H2,1-2H3. The molecule has 2 nitrogen and oxygen atoms in total. The van der Waals surface area contributed by atoms with Gasteiger partial charge in [0.25, 0.3) is 0 Å². The lowest BCUT2D eigenvalue weighted by Gasteiger charge is -2.06. The Kier molecular flexibility index (Phi) is 3.65. The summed E-state index contributed by atoms with van der Waals surface area (Å²) in [5.74, 6) is 0.570. The molecular weight excluding hydrogens is 255 g/mol. The van der Waals surface area contributed by atoms with Crippen LogP contribution in [0.1, 0.15) is 18.1 Å². The molecule has 0 fully saturated rings. The van der Waals surface area contributed by atoms with E-state index in [9.17, 15) is 0 Å². The zero-order valence-electron chi connectivity index (χ0n) is 9.67. The number of aromatic nitrogens is 2. The van der Waals surface area contributed by atoms with Crippen LogP contribution in [-0.2, 0) is 6.42 Å². The molecule has 0 spiro atoms. The Bertz CT molecular complexity index is 530. The smallest absolute Gasteiger partial charge is 0.162 e. The zero-order chi connectivity index (χ0) is 12.4. The minimum absolute atomic E-state index is 0.434. The van der Waals surface area contributed by atoms with Crippen LogP contribution < -0.4 is 0 Å². The lowest BCUT2D eigenvalue weighted by Crippen LogP contribution is -1.96. The summed E-state index contributed by atoms with van der Waals surface area (Å²) in [6.07, 6.45) is 0.728. The van der Waals surface area contributed by atoms with Crippen LogP contribution in [0.5, 0.6) is 0 Å². The molecule has 0 bridgehead atoms. The van der Waals surface area contributed by atoms with E-state index in [1.165, 1.54) is 0 Å². The fraction of sp³-hybridized carbons (Fsp3) is 0.231. The van der Waals surface area contributed by atoms with E-state index in [1.807, 2.05) is 38.1 Å². The van der Waals surface area contributed by atoms with E-state index in [2.05, 4.69) is 9.97 Å². The van der Waals surface area contributed by atoms with E-state index in [0.717, 1.165) is 23.1 Å². The maximum Gasteiger partial charge on any atom is 0.162 e. The Morgan fingerprint density at radius 2 is 1.76 bits per heavy atom. The highest BCUT2D eigenvalue weighted by molar-refractivity contribution is 6.34. The molecule has 2 rings (SSSR count). The van der Waals surface area contributed by atoms with Crippen molar-refractivity contribution in [2.45, 2.75) is 20.3 Å². The van der Waals surface area contributed by atoms with Crippen LogP contribution in [0.3, 0.4) is 0 Å². The van der Waals surface area contributed by atoms with Crippen molar-refractivity contribution in [2.75, 3.05) is 0 Å². The Morgan fingerprint density at radius 1 is 1.12 bits per heavy atom. The van der Waals surface area contributed by atoms with E-state index in [-0.39, 0.29) is 0 Å². The SMILES string of the molecule is CCc1c(Cl)nc(-c2cccc(C)c2)nc1Cl. The van der Waals surface area contributed by atoms with Crippen molar-refractivity contribution in [3.63, 3.8) is 0 Å². The molecule has 1 aromatic carbocycles. The molecule has 0 aliphatic carbocycles. The number of rotatable bonds is 2. The Balaban J connectivity index is 2.54. The largest absolute Gasteiger partial charge is 0.216 e. The molecule has 88 valence electrons. The molecule has 0 atom stereocenters. The second-order valence-corrected chi connectivity index (χ2v) is 4.55. The van der Waals surface area contributed by atoms with E-state index in [1.54, 1.807) is 0 Å². The monoisotopic (exact) mass is 266 g/mol. The van der Waals surface area contributed by atoms with Gasteiger partial charge in [-0.3, -0.25) is 0 Å². The van der Waals surface area contributed by atoms with Crippen molar-refractivity contribution in [1.29, 1.82) is 0 Å². The lowest BCUT2D eigenvalue weighted by molar-refractivity contribution is 1.05. The number of nitrogens with zero attached hydrogens (tertiary/aromatic N) is 2. The molecular formula is C13H12Cl2N2. The predicted octanol–water partition coefficient (Wildman–Crippen LogP) is 4.32. The lowest BCUT2D eigenvalue weighted by atomic mass is 10.1. The minimum Gasteiger partial charge on any atom is -0.216 e. The summed E-state index contributed by atoms with van der Waals surface area (Å²) >= 11 is 12.2. The van der Waals surface area contributed by atoms with Crippen LogP contribution in [0, 0.1) is 6.92 Å². The van der Waals surface area contributed by atoms with Gasteiger partial charge in [-0.1, -0.05) is 53.9 Å². The topological polar surface area (TPSA) is 25.8 Å². The van der Waals surface area contributed by atoms with Crippen LogP contribution in [0.4, 0.5) is 0 Å². The quantitative estimate of drug-likeness (QED) is 0.757. The van der Waals surface area contributed by atoms with Crippen molar-refractivity contribution >= 4 is 23.2 Å². The van der Waals surface area contributed by atoms with Gasteiger partial charge in [0.05, 0.1) is 0 Å². The molecule has 17 heavy (non-hydrogen) atoms. The first-order valence-electron chi connectivity index (χ1n) is 5.40. The first kappa shape index (κ1) is 12.3. The molecule has 0 radical (unpaired) electrons. The minimum atomic E-state index is 0.434. The van der Waals surface area contributed by atoms with Gasteiger partial charge in [-0.05, 0) is 19.4 Å². The molecule has 0 aliphatic heterocycles. The molecule has 0 N–H and O–H groups in total. The molecule has 0 aliphatic rings. The zero-order valence-corrected chi connectivity index (χ0v) is 11.2. The maximum atomic E-state index is 6.09. The first-order chi connectivity index (χ1) is 8.11. The van der Waals surface area contributed by atoms with Gasteiger partial charge in [-0.2, -0.15) is 0 Å². The number of halogens is 2. The van der Waals surface area contributed by atoms with Crippen LogP contribution in [0.25, 0.3) is 11.4 Å². The van der Waals surface area contributed by atoms with E-state index >= 15 is 0 Å². The van der Waals surface area contributed by atoms with Crippen LogP contribution in [0.15, 0.2) is 24.3 Å². The van der Waals surface area contributed by atoms with Crippen LogP contribution in [-0.4, -0.2) is 9.97 Å². The molecule has 0 unspecified atom stereocenters. The summed E-state index contributed by atoms with van der Waals surface area (Å²) in [6.45, 7) is 4.00. The third-order valence-electron chi connectivity index (χ3n) is 2.54. The van der Waals surface area contributed by atoms with Gasteiger partial charge in [-0.15, -0.1) is 0 Å². The second-order valence-electron chi connectivity index (χ2n) is 3.83. The number of benzene rings is 1. The summed E-state index contributed by atoms with van der Waals surface area (Å²) < 4.78 is 0. The van der Waals surface area contributed by atoms with Gasteiger partial charge in [0.1, 0.15) is 10.3 Å². The third kappa shape index (κ3) is 2.59. The Morgan fingerprint density at radius 3 is 2.29 bits per heavy atom. The van der Waals surface area contributed by atoms with Crippen LogP contribution >= 0.6 is 23.2 Å². The predicted molar refractivity (Wildman–Crippen MR) is 71.6 cm³/mol. The maximum absolute atomic E-state index is 6.09. The number of hydrogen-bond donors (Lipinski definition) is 0. The molecule has 0 saturated heterocycles. The molecule has 4 heteroatoms. The summed E-state index contributed by atoms with van der Waals surface area (Å²) in [4.78, 5) is 8.57. The second kappa shape index (κ2) is 5.03. The van der Waals surface area contributed by atoms with Gasteiger partial charge in [0, 0.05) is 11.1 Å². The van der Waals surface area contributed by atoms with Crippen molar-refractivity contribution in [1.82, 2.24) is 9.97 Å². The van der Waals surface area contributed by atoms with Gasteiger partial charge < -0.3 is 0 Å². The highest BCUT2D eigenvalue weighted by Gasteiger charge is 2.11.